The van der Waals surface area contributed by atoms with Crippen LogP contribution in [0.2, 0.25) is 0 Å². The third kappa shape index (κ3) is 1.65. The summed E-state index contributed by atoms with van der Waals surface area (Å²) in [6, 6.07) is 2.15. The lowest BCUT2D eigenvalue weighted by Crippen LogP contribution is -2.55. The third-order valence-electron chi connectivity index (χ3n) is 6.08. The van der Waals surface area contributed by atoms with Gasteiger partial charge in [0.25, 0.3) is 0 Å². The largest absolute Gasteiger partial charge is 0.493 e. The third-order valence-corrected chi connectivity index (χ3v) is 6.79. The molecule has 0 N–H and O–H groups in total. The second-order valence-electron chi connectivity index (χ2n) is 7.03. The molecule has 2 bridgehead atoms. The normalized spacial score (nSPS) is 29.2. The summed E-state index contributed by atoms with van der Waals surface area (Å²) >= 11 is 3.72. The van der Waals surface area contributed by atoms with Crippen LogP contribution in [0.4, 0.5) is 0 Å². The fraction of sp³-hybridized carbons (Fsp3) is 0.421. The van der Waals surface area contributed by atoms with Crippen molar-refractivity contribution in [3.8, 4) is 11.5 Å². The van der Waals surface area contributed by atoms with E-state index in [9.17, 15) is 4.79 Å². The number of carbonyl (C=O) groups excluding carboxylic acids is 1. The molecular formula is C19H18BrNO4. The Balaban J connectivity index is 1.92. The van der Waals surface area contributed by atoms with E-state index in [0.29, 0.717) is 17.3 Å². The summed E-state index contributed by atoms with van der Waals surface area (Å²) in [5, 5.41) is 0. The molecule has 2 heterocycles. The molecule has 6 heteroatoms. The number of piperidine rings is 1. The van der Waals surface area contributed by atoms with E-state index < -0.39 is 5.41 Å². The smallest absolute Gasteiger partial charge is 0.224 e. The van der Waals surface area contributed by atoms with Crippen LogP contribution in [0.1, 0.15) is 17.5 Å². The van der Waals surface area contributed by atoms with Crippen molar-refractivity contribution in [1.82, 2.24) is 4.90 Å². The molecule has 1 spiro atoms. The molecule has 2 atom stereocenters. The van der Waals surface area contributed by atoms with Crippen LogP contribution in [0.5, 0.6) is 11.5 Å². The number of benzene rings is 1. The second kappa shape index (κ2) is 4.89. The molecule has 2 unspecified atom stereocenters. The molecule has 0 amide bonds. The van der Waals surface area contributed by atoms with Gasteiger partial charge in [-0.1, -0.05) is 15.9 Å². The number of methoxy groups -OCH3 is 2. The predicted octanol–water partition coefficient (Wildman–Crippen LogP) is 2.72. The quantitative estimate of drug-likeness (QED) is 0.759. The summed E-state index contributed by atoms with van der Waals surface area (Å²) in [5.41, 5.74) is 3.11. The van der Waals surface area contributed by atoms with E-state index in [1.807, 2.05) is 6.07 Å². The van der Waals surface area contributed by atoms with Gasteiger partial charge in [0.05, 0.1) is 19.6 Å². The van der Waals surface area contributed by atoms with E-state index in [4.69, 9.17) is 14.2 Å². The van der Waals surface area contributed by atoms with Crippen LogP contribution in [0.3, 0.4) is 0 Å². The first kappa shape index (κ1) is 15.5. The molecule has 1 aromatic rings. The van der Waals surface area contributed by atoms with Crippen LogP contribution in [0, 0.1) is 0 Å². The van der Waals surface area contributed by atoms with Crippen molar-refractivity contribution in [1.29, 1.82) is 0 Å². The van der Waals surface area contributed by atoms with E-state index in [0.717, 1.165) is 40.7 Å². The Morgan fingerprint density at radius 2 is 2.16 bits per heavy atom. The zero-order valence-electron chi connectivity index (χ0n) is 14.3. The standard InChI is InChI=1S/C19H18BrNO4/c1-21-5-4-19-10-7-13(22)16(24-3)18(19)25-17-14(23-2)8-11(20)9(15(17)19)6-12(10)21/h7-8,12H,4-6H2,1-3H3. The van der Waals surface area contributed by atoms with Crippen LogP contribution in [-0.4, -0.2) is 44.5 Å². The van der Waals surface area contributed by atoms with Gasteiger partial charge in [-0.3, -0.25) is 9.69 Å². The first-order valence-electron chi connectivity index (χ1n) is 8.36. The van der Waals surface area contributed by atoms with Gasteiger partial charge in [0.2, 0.25) is 11.5 Å². The number of halogens is 1. The summed E-state index contributed by atoms with van der Waals surface area (Å²) in [6.07, 6.45) is 3.49. The van der Waals surface area contributed by atoms with Crippen molar-refractivity contribution in [3.63, 3.8) is 0 Å². The van der Waals surface area contributed by atoms with Crippen molar-refractivity contribution in [2.45, 2.75) is 24.3 Å². The molecule has 130 valence electrons. The van der Waals surface area contributed by atoms with Gasteiger partial charge in [0.15, 0.2) is 17.3 Å². The lowest BCUT2D eigenvalue weighted by Gasteiger charge is -2.51. The van der Waals surface area contributed by atoms with E-state index >= 15 is 0 Å². The van der Waals surface area contributed by atoms with Crippen LogP contribution >= 0.6 is 15.9 Å². The molecule has 25 heavy (non-hydrogen) atoms. The van der Waals surface area contributed by atoms with E-state index in [-0.39, 0.29) is 11.8 Å². The Labute approximate surface area is 154 Å². The van der Waals surface area contributed by atoms with Gasteiger partial charge >= 0.3 is 0 Å². The van der Waals surface area contributed by atoms with Crippen molar-refractivity contribution in [2.75, 3.05) is 27.8 Å². The fourth-order valence-corrected chi connectivity index (χ4v) is 5.53. The number of ether oxygens (including phenoxy) is 3. The molecule has 1 fully saturated rings. The molecule has 5 rings (SSSR count). The lowest BCUT2D eigenvalue weighted by molar-refractivity contribution is -0.115. The maximum absolute atomic E-state index is 12.7. The predicted molar refractivity (Wildman–Crippen MR) is 94.9 cm³/mol. The van der Waals surface area contributed by atoms with Gasteiger partial charge in [0.1, 0.15) is 0 Å². The molecule has 0 radical (unpaired) electrons. The van der Waals surface area contributed by atoms with Crippen molar-refractivity contribution in [3.05, 3.63) is 44.8 Å². The molecule has 1 saturated heterocycles. The summed E-state index contributed by atoms with van der Waals surface area (Å²) in [7, 11) is 5.30. The Kier molecular flexibility index (Phi) is 3.02. The number of likely N-dealkylation sites (tertiary alicyclic amines) is 1. The first-order chi connectivity index (χ1) is 12.0. The summed E-state index contributed by atoms with van der Waals surface area (Å²) in [6.45, 7) is 0.938. The van der Waals surface area contributed by atoms with E-state index in [1.165, 1.54) is 12.7 Å². The van der Waals surface area contributed by atoms with Crippen LogP contribution in [-0.2, 0) is 21.4 Å². The Morgan fingerprint density at radius 1 is 1.36 bits per heavy atom. The first-order valence-corrected chi connectivity index (χ1v) is 9.15. The molecule has 2 aliphatic carbocycles. The topological polar surface area (TPSA) is 48.0 Å². The minimum atomic E-state index is -0.406. The molecule has 0 saturated carbocycles. The van der Waals surface area contributed by atoms with Gasteiger partial charge in [-0.05, 0) is 43.2 Å². The summed E-state index contributed by atoms with van der Waals surface area (Å²) in [4.78, 5) is 15.0. The van der Waals surface area contributed by atoms with Crippen LogP contribution in [0.15, 0.2) is 33.7 Å². The Bertz CT molecular complexity index is 903. The lowest BCUT2D eigenvalue weighted by atomic mass is 9.58. The second-order valence-corrected chi connectivity index (χ2v) is 7.88. The molecule has 2 aliphatic heterocycles. The number of likely N-dealkylation sites (N-methyl/N-ethyl adjacent to an activating group) is 1. The number of nitrogens with zero attached hydrogens (tertiary/aromatic N) is 1. The van der Waals surface area contributed by atoms with E-state index in [1.54, 1.807) is 13.2 Å². The highest BCUT2D eigenvalue weighted by Crippen LogP contribution is 2.64. The molecular weight excluding hydrogens is 386 g/mol. The van der Waals surface area contributed by atoms with Crippen molar-refractivity contribution < 1.29 is 19.0 Å². The highest BCUT2D eigenvalue weighted by atomic mass is 79.9. The van der Waals surface area contributed by atoms with Gasteiger partial charge < -0.3 is 14.2 Å². The minimum Gasteiger partial charge on any atom is -0.493 e. The zero-order chi connectivity index (χ0) is 17.5. The van der Waals surface area contributed by atoms with Crippen molar-refractivity contribution in [2.24, 2.45) is 0 Å². The number of hydrogen-bond donors (Lipinski definition) is 0. The Morgan fingerprint density at radius 3 is 2.88 bits per heavy atom. The maximum Gasteiger partial charge on any atom is 0.224 e. The number of ketones is 1. The number of rotatable bonds is 2. The summed E-state index contributed by atoms with van der Waals surface area (Å²) < 4.78 is 18.4. The van der Waals surface area contributed by atoms with Gasteiger partial charge in [0, 0.05) is 22.6 Å². The minimum absolute atomic E-state index is 0.113. The zero-order valence-corrected chi connectivity index (χ0v) is 15.9. The molecule has 1 aromatic carbocycles. The summed E-state index contributed by atoms with van der Waals surface area (Å²) in [5.74, 6) is 2.25. The van der Waals surface area contributed by atoms with Gasteiger partial charge in [-0.2, -0.15) is 0 Å². The molecule has 0 aromatic heterocycles. The SMILES string of the molecule is COC1=C2Oc3c(OC)cc(Br)c4c3C23CCN(C)C(C4)C3=CC1=O. The number of hydrogen-bond acceptors (Lipinski definition) is 5. The molecule has 4 aliphatic rings. The van der Waals surface area contributed by atoms with E-state index in [2.05, 4.69) is 27.9 Å². The van der Waals surface area contributed by atoms with Gasteiger partial charge in [-0.15, -0.1) is 0 Å². The number of allylic oxidation sites excluding steroid dienone is 2. The Hall–Kier alpha value is -1.79. The van der Waals surface area contributed by atoms with Crippen molar-refractivity contribution >= 4 is 21.7 Å². The molecule has 5 nitrogen and oxygen atoms in total. The highest BCUT2D eigenvalue weighted by Gasteiger charge is 2.61. The monoisotopic (exact) mass is 403 g/mol. The number of carbonyl (C=O) groups is 1. The van der Waals surface area contributed by atoms with Gasteiger partial charge in [-0.25, -0.2) is 0 Å². The average molecular weight is 404 g/mol. The fourth-order valence-electron chi connectivity index (χ4n) is 4.96. The highest BCUT2D eigenvalue weighted by molar-refractivity contribution is 9.10. The average Bonchev–Trinajstić information content (AvgIpc) is 2.93. The van der Waals surface area contributed by atoms with Crippen LogP contribution < -0.4 is 9.47 Å². The van der Waals surface area contributed by atoms with Crippen LogP contribution in [0.25, 0.3) is 0 Å². The maximum atomic E-state index is 12.7.